The lowest BCUT2D eigenvalue weighted by Gasteiger charge is -2.01. The van der Waals surface area contributed by atoms with Gasteiger partial charge in [0, 0.05) is 17.2 Å². The molecule has 0 bridgehead atoms. The smallest absolute Gasteiger partial charge is 0.312 e. The van der Waals surface area contributed by atoms with Crippen molar-refractivity contribution in [1.82, 2.24) is 24.9 Å². The van der Waals surface area contributed by atoms with Crippen molar-refractivity contribution in [2.24, 2.45) is 0 Å². The average molecular weight is 1130 g/mol. The largest absolute Gasteiger partial charge is 0.495 e. The fourth-order valence-electron chi connectivity index (χ4n) is 5.23. The molecule has 324 valence electrons. The van der Waals surface area contributed by atoms with Gasteiger partial charge in [0.2, 0.25) is 0 Å². The van der Waals surface area contributed by atoms with E-state index in [1.54, 1.807) is 24.5 Å². The quantitative estimate of drug-likeness (QED) is 0.0651. The zero-order chi connectivity index (χ0) is 45.7. The molecule has 0 aliphatic rings. The summed E-state index contributed by atoms with van der Waals surface area (Å²) in [7, 11) is 1.60. The number of H-pyrrole nitrogens is 5. The molecule has 12 nitrogen and oxygen atoms in total. The fraction of sp³-hybridized carbons (Fsp3) is 0.0278. The number of fused-ring (bicyclic) bond motifs is 5. The first kappa shape index (κ1) is 49.1. The number of aromatic amines is 5. The van der Waals surface area contributed by atoms with Gasteiger partial charge in [-0.2, -0.15) is 0 Å². The number of rotatable bonds is 3. The lowest BCUT2D eigenvalue weighted by Crippen LogP contribution is -1.90. The second-order valence-electron chi connectivity index (χ2n) is 11.9. The van der Waals surface area contributed by atoms with Gasteiger partial charge in [-0.1, -0.05) is 64.1 Å². The Kier molecular flexibility index (Phi) is 17.0. The van der Waals surface area contributed by atoms with E-state index in [2.05, 4.69) is 24.9 Å². The van der Waals surface area contributed by atoms with E-state index in [0.29, 0.717) is 24.2 Å². The first-order chi connectivity index (χ1) is 29.9. The second kappa shape index (κ2) is 21.8. The number of ether oxygens (including phenoxy) is 1. The van der Waals surface area contributed by atoms with Gasteiger partial charge < -0.3 is 29.7 Å². The maximum Gasteiger partial charge on any atom is 0.312 e. The fourth-order valence-corrected chi connectivity index (χ4v) is 12.1. The van der Waals surface area contributed by atoms with Crippen LogP contribution in [0.15, 0.2) is 72.8 Å². The SMILES string of the molecule is COc1cc2sc(=S)[nH]c2cc1Cl.O=[N+]([O-])c1c(Cl)ccc2sc(=S)[nH]c12.O=[N+]([O-])c1cc2sc(=S)[nH]c2cc1Cl.S=c1[nH]c2ccc(Cl)cc2s1.S=c1[nH]c2cccc(Cl)c2s1. The van der Waals surface area contributed by atoms with Crippen molar-refractivity contribution in [3.8, 4) is 5.75 Å². The van der Waals surface area contributed by atoms with E-state index < -0.39 is 9.85 Å². The maximum atomic E-state index is 10.7. The Morgan fingerprint density at radius 3 is 1.67 bits per heavy atom. The topological polar surface area (TPSA) is 174 Å². The lowest BCUT2D eigenvalue weighted by atomic mass is 10.3. The number of nitro groups is 2. The molecule has 10 aromatic rings. The Labute approximate surface area is 423 Å². The van der Waals surface area contributed by atoms with Crippen LogP contribution in [0.2, 0.25) is 25.1 Å². The van der Waals surface area contributed by atoms with Crippen LogP contribution in [0.1, 0.15) is 0 Å². The zero-order valence-electron chi connectivity index (χ0n) is 30.8. The monoisotopic (exact) mass is 1120 g/mol. The molecule has 63 heavy (non-hydrogen) atoms. The average Bonchev–Trinajstić information content (AvgIpc) is 4.04. The molecule has 0 fully saturated rings. The molecular formula is C36H20Cl5N7O5S10. The summed E-state index contributed by atoms with van der Waals surface area (Å²) in [5.74, 6) is 0.680. The number of hydrogen-bond donors (Lipinski definition) is 5. The van der Waals surface area contributed by atoms with Crippen molar-refractivity contribution in [3.63, 3.8) is 0 Å². The molecule has 0 atom stereocenters. The van der Waals surface area contributed by atoms with Crippen molar-refractivity contribution in [1.29, 1.82) is 0 Å². The first-order valence-electron chi connectivity index (χ1n) is 16.7. The number of benzene rings is 5. The van der Waals surface area contributed by atoms with Gasteiger partial charge in [-0.15, -0.1) is 56.7 Å². The molecule has 0 spiro atoms. The van der Waals surface area contributed by atoms with Gasteiger partial charge in [0.05, 0.1) is 72.6 Å². The summed E-state index contributed by atoms with van der Waals surface area (Å²) < 4.78 is 13.2. The summed E-state index contributed by atoms with van der Waals surface area (Å²) in [6.45, 7) is 0. The van der Waals surface area contributed by atoms with Gasteiger partial charge in [-0.05, 0) is 116 Å². The molecule has 0 saturated heterocycles. The number of nitrogens with zero attached hydrogens (tertiary/aromatic N) is 2. The van der Waals surface area contributed by atoms with Gasteiger partial charge in [-0.25, -0.2) is 0 Å². The zero-order valence-corrected chi connectivity index (χ0v) is 42.8. The minimum absolute atomic E-state index is 0.0931. The van der Waals surface area contributed by atoms with Crippen molar-refractivity contribution in [2.45, 2.75) is 0 Å². The minimum Gasteiger partial charge on any atom is -0.495 e. The Morgan fingerprint density at radius 2 is 1.06 bits per heavy atom. The first-order valence-corrected chi connectivity index (χ1v) is 24.8. The van der Waals surface area contributed by atoms with Crippen LogP contribution in [0.5, 0.6) is 5.75 Å². The molecule has 27 heteroatoms. The summed E-state index contributed by atoms with van der Waals surface area (Å²) in [5, 5.41) is 23.6. The summed E-state index contributed by atoms with van der Waals surface area (Å²) in [6.07, 6.45) is 0. The van der Waals surface area contributed by atoms with Crippen LogP contribution >= 0.6 is 176 Å². The van der Waals surface area contributed by atoms with Crippen molar-refractivity contribution >= 4 is 238 Å². The number of halogens is 5. The Hall–Kier alpha value is -3.30. The van der Waals surface area contributed by atoms with E-state index in [1.165, 1.54) is 63.5 Å². The summed E-state index contributed by atoms with van der Waals surface area (Å²) in [5.41, 5.74) is 3.96. The molecule has 0 unspecified atom stereocenters. The van der Waals surface area contributed by atoms with Crippen LogP contribution in [-0.4, -0.2) is 41.9 Å². The van der Waals surface area contributed by atoms with Crippen LogP contribution in [0.3, 0.4) is 0 Å². The maximum absolute atomic E-state index is 10.7. The standard InChI is InChI=1S/C8H6ClNOS2.2C7H3ClN2O2S2.2C7H4ClNS2/c1-11-6-3-7-5(2-4(6)9)10-8(12)13-7;8-3-1-4-6(14-7(13)9-4)2-5(3)10(11)12;8-3-1-2-4-5(6(3)10(11)12)9-7(13)14-4;8-4-1-2-5-6(3-4)11-7(10)9-5;8-4-2-1-3-5-6(4)11-7(10)9-5/h2-3H,1H3,(H,10,12);2*1-2H,(H,9,13);2*1-3H,(H,9,10). The minimum atomic E-state index is -0.511. The van der Waals surface area contributed by atoms with Gasteiger partial charge in [0.15, 0.2) is 19.8 Å². The predicted molar refractivity (Wildman–Crippen MR) is 280 cm³/mol. The lowest BCUT2D eigenvalue weighted by molar-refractivity contribution is -0.384. The molecule has 10 rings (SSSR count). The van der Waals surface area contributed by atoms with E-state index in [1.807, 2.05) is 48.5 Å². The highest BCUT2D eigenvalue weighted by atomic mass is 35.5. The number of thiazole rings is 5. The highest BCUT2D eigenvalue weighted by Gasteiger charge is 2.19. The van der Waals surface area contributed by atoms with Gasteiger partial charge in [0.25, 0.3) is 5.69 Å². The van der Waals surface area contributed by atoms with Crippen LogP contribution < -0.4 is 4.74 Å². The van der Waals surface area contributed by atoms with E-state index >= 15 is 0 Å². The third-order valence-corrected chi connectivity index (χ3v) is 15.5. The molecule has 0 aliphatic carbocycles. The van der Waals surface area contributed by atoms with Gasteiger partial charge in [0.1, 0.15) is 21.3 Å². The van der Waals surface area contributed by atoms with E-state index in [4.69, 9.17) is 124 Å². The summed E-state index contributed by atoms with van der Waals surface area (Å²) in [6, 6.07) is 21.3. The highest BCUT2D eigenvalue weighted by molar-refractivity contribution is 7.74. The third-order valence-electron chi connectivity index (χ3n) is 7.86. The van der Waals surface area contributed by atoms with Gasteiger partial charge in [-0.3, -0.25) is 20.2 Å². The number of nitro benzene ring substituents is 2. The number of aromatic nitrogens is 5. The van der Waals surface area contributed by atoms with E-state index in [-0.39, 0.29) is 21.4 Å². The third kappa shape index (κ3) is 12.5. The van der Waals surface area contributed by atoms with Crippen molar-refractivity contribution in [2.75, 3.05) is 7.11 Å². The van der Waals surface area contributed by atoms with E-state index in [9.17, 15) is 20.2 Å². The van der Waals surface area contributed by atoms with Crippen LogP contribution in [0.4, 0.5) is 11.4 Å². The van der Waals surface area contributed by atoms with Crippen molar-refractivity contribution < 1.29 is 14.6 Å². The van der Waals surface area contributed by atoms with Crippen LogP contribution in [-0.2, 0) is 0 Å². The summed E-state index contributed by atoms with van der Waals surface area (Å²) >= 11 is 61.0. The number of hydrogen-bond acceptors (Lipinski definition) is 15. The molecule has 0 aliphatic heterocycles. The Bertz CT molecular complexity index is 3640. The normalized spacial score (nSPS) is 10.6. The second-order valence-corrected chi connectivity index (χ2v) is 22.5. The number of nitrogens with one attached hydrogen (secondary N) is 5. The molecule has 0 radical (unpaired) electrons. The molecular weight excluding hydrogens is 1110 g/mol. The predicted octanol–water partition coefficient (Wildman–Crippen LogP) is 17.9. The van der Waals surface area contributed by atoms with Gasteiger partial charge >= 0.3 is 5.69 Å². The van der Waals surface area contributed by atoms with Crippen LogP contribution in [0.25, 0.3) is 51.1 Å². The molecule has 5 aromatic carbocycles. The van der Waals surface area contributed by atoms with Crippen LogP contribution in [0, 0.1) is 40.0 Å². The Balaban J connectivity index is 0.000000132. The Morgan fingerprint density at radius 1 is 0.524 bits per heavy atom. The molecule has 5 N–H and O–H groups in total. The number of methoxy groups -OCH3 is 1. The molecule has 0 saturated carbocycles. The molecule has 0 amide bonds. The highest BCUT2D eigenvalue weighted by Crippen LogP contribution is 2.35. The molecule has 5 heterocycles. The summed E-state index contributed by atoms with van der Waals surface area (Å²) in [4.78, 5) is 35.1. The molecule has 5 aromatic heterocycles. The van der Waals surface area contributed by atoms with E-state index in [0.717, 1.165) is 67.5 Å². The van der Waals surface area contributed by atoms with Crippen molar-refractivity contribution in [3.05, 3.63) is 138 Å².